The van der Waals surface area contributed by atoms with Crippen LogP contribution >= 0.6 is 46.4 Å². The molecule has 0 heterocycles. The molecular weight excluding hydrogens is 712 g/mol. The van der Waals surface area contributed by atoms with Gasteiger partial charge in [0, 0.05) is 34.1 Å². The van der Waals surface area contributed by atoms with E-state index in [0.29, 0.717) is 15.6 Å². The van der Waals surface area contributed by atoms with E-state index in [9.17, 15) is 18.0 Å². The molecule has 4 aromatic rings. The normalized spacial score (nSPS) is 14.2. The first-order chi connectivity index (χ1) is 23.0. The molecule has 252 valence electrons. The number of hydrogen-bond acceptors (Lipinski definition) is 4. The van der Waals surface area contributed by atoms with E-state index in [1.54, 1.807) is 36.4 Å². The number of carbonyl (C=O) groups excluding carboxylic acids is 2. The zero-order valence-corrected chi connectivity index (χ0v) is 29.8. The zero-order valence-electron chi connectivity index (χ0n) is 26.0. The van der Waals surface area contributed by atoms with Crippen molar-refractivity contribution < 1.29 is 18.0 Å². The predicted molar refractivity (Wildman–Crippen MR) is 193 cm³/mol. The van der Waals surface area contributed by atoms with E-state index in [1.807, 2.05) is 30.3 Å². The summed E-state index contributed by atoms with van der Waals surface area (Å²) < 4.78 is 29.3. The number of nitrogens with one attached hydrogen (secondary N) is 1. The van der Waals surface area contributed by atoms with Crippen LogP contribution in [0.3, 0.4) is 0 Å². The molecular formula is C36H35Cl4N3O4S. The van der Waals surface area contributed by atoms with E-state index in [-0.39, 0.29) is 45.5 Å². The summed E-state index contributed by atoms with van der Waals surface area (Å²) in [5.41, 5.74) is 1.39. The highest BCUT2D eigenvalue weighted by Gasteiger charge is 2.36. The number of halogens is 4. The molecule has 0 unspecified atom stereocenters. The quantitative estimate of drug-likeness (QED) is 0.157. The number of hydrogen-bond donors (Lipinski definition) is 1. The fourth-order valence-corrected chi connectivity index (χ4v) is 8.19. The molecule has 1 fully saturated rings. The van der Waals surface area contributed by atoms with Gasteiger partial charge in [0.1, 0.15) is 12.6 Å². The summed E-state index contributed by atoms with van der Waals surface area (Å²) in [6.45, 7) is -0.766. The molecule has 0 spiro atoms. The second kappa shape index (κ2) is 16.4. The Kier molecular flexibility index (Phi) is 12.3. The lowest BCUT2D eigenvalue weighted by Crippen LogP contribution is -2.55. The summed E-state index contributed by atoms with van der Waals surface area (Å²) in [5, 5.41) is 4.21. The molecule has 1 N–H and O–H groups in total. The van der Waals surface area contributed by atoms with Crippen LogP contribution in [0.15, 0.2) is 102 Å². The summed E-state index contributed by atoms with van der Waals surface area (Å²) in [6.07, 6.45) is 4.99. The van der Waals surface area contributed by atoms with E-state index in [2.05, 4.69) is 5.32 Å². The van der Waals surface area contributed by atoms with Gasteiger partial charge in [-0.15, -0.1) is 0 Å². The SMILES string of the molecule is O=C(NC1CCCCC1)[C@H](Cc1ccccc1)N(Cc1ccc(Cl)cc1Cl)C(=O)CN(c1cc(Cl)ccc1Cl)S(=O)(=O)c1ccccc1. The van der Waals surface area contributed by atoms with Gasteiger partial charge < -0.3 is 10.2 Å². The summed E-state index contributed by atoms with van der Waals surface area (Å²) in [5.74, 6) is -0.973. The lowest BCUT2D eigenvalue weighted by Gasteiger charge is -2.35. The van der Waals surface area contributed by atoms with Crippen molar-refractivity contribution in [3.05, 3.63) is 128 Å². The van der Waals surface area contributed by atoms with Crippen LogP contribution in [-0.2, 0) is 32.6 Å². The minimum absolute atomic E-state index is 0.0251. The van der Waals surface area contributed by atoms with Crippen molar-refractivity contribution >= 4 is 73.9 Å². The standard InChI is InChI=1S/C36H35Cl4N3O4S/c37-27-17-16-26(32(40)21-27)23-42(34(20-25-10-4-1-5-11-25)36(45)41-29-12-6-2-7-13-29)35(44)24-43(33-22-28(38)18-19-31(33)39)48(46,47)30-14-8-3-9-15-30/h1,3-5,8-11,14-19,21-22,29,34H,2,6-7,12-13,20,23-24H2,(H,41,45)/t34-/m0/s1. The number of benzene rings is 4. The molecule has 0 aromatic heterocycles. The number of sulfonamides is 1. The Labute approximate surface area is 301 Å². The Bertz CT molecular complexity index is 1840. The summed E-state index contributed by atoms with van der Waals surface area (Å²) >= 11 is 25.7. The third-order valence-electron chi connectivity index (χ3n) is 8.37. The molecule has 4 aromatic carbocycles. The largest absolute Gasteiger partial charge is 0.352 e. The molecule has 48 heavy (non-hydrogen) atoms. The van der Waals surface area contributed by atoms with Gasteiger partial charge in [0.25, 0.3) is 10.0 Å². The molecule has 0 bridgehead atoms. The van der Waals surface area contributed by atoms with Crippen molar-refractivity contribution in [3.63, 3.8) is 0 Å². The lowest BCUT2D eigenvalue weighted by molar-refractivity contribution is -0.140. The maximum Gasteiger partial charge on any atom is 0.264 e. The maximum absolute atomic E-state index is 14.7. The van der Waals surface area contributed by atoms with Crippen LogP contribution in [-0.4, -0.2) is 43.8 Å². The molecule has 0 saturated heterocycles. The zero-order chi connectivity index (χ0) is 34.3. The Morgan fingerprint density at radius 2 is 1.40 bits per heavy atom. The van der Waals surface area contributed by atoms with Crippen molar-refractivity contribution in [2.45, 2.75) is 62.0 Å². The molecule has 2 amide bonds. The van der Waals surface area contributed by atoms with E-state index >= 15 is 0 Å². The monoisotopic (exact) mass is 745 g/mol. The van der Waals surface area contributed by atoms with Gasteiger partial charge in [-0.25, -0.2) is 8.42 Å². The fourth-order valence-electron chi connectivity index (χ4n) is 5.84. The van der Waals surface area contributed by atoms with Gasteiger partial charge in [-0.1, -0.05) is 120 Å². The summed E-state index contributed by atoms with van der Waals surface area (Å²) in [7, 11) is -4.34. The maximum atomic E-state index is 14.7. The number of anilines is 1. The molecule has 7 nitrogen and oxygen atoms in total. The number of carbonyl (C=O) groups is 2. The molecule has 5 rings (SSSR count). The molecule has 0 radical (unpaired) electrons. The topological polar surface area (TPSA) is 86.8 Å². The smallest absolute Gasteiger partial charge is 0.264 e. The minimum atomic E-state index is -4.34. The molecule has 1 aliphatic rings. The van der Waals surface area contributed by atoms with E-state index < -0.39 is 28.5 Å². The second-order valence-corrected chi connectivity index (χ2v) is 15.3. The third-order valence-corrected chi connectivity index (χ3v) is 11.3. The van der Waals surface area contributed by atoms with Crippen molar-refractivity contribution in [3.8, 4) is 0 Å². The molecule has 12 heteroatoms. The van der Waals surface area contributed by atoms with Crippen molar-refractivity contribution in [1.82, 2.24) is 10.2 Å². The predicted octanol–water partition coefficient (Wildman–Crippen LogP) is 8.58. The molecule has 0 aliphatic heterocycles. The third kappa shape index (κ3) is 9.04. The Morgan fingerprint density at radius 3 is 2.06 bits per heavy atom. The molecule has 1 saturated carbocycles. The van der Waals surface area contributed by atoms with Crippen LogP contribution in [0.25, 0.3) is 0 Å². The van der Waals surface area contributed by atoms with Crippen molar-refractivity contribution in [2.75, 3.05) is 10.8 Å². The van der Waals surface area contributed by atoms with E-state index in [4.69, 9.17) is 46.4 Å². The Balaban J connectivity index is 1.60. The van der Waals surface area contributed by atoms with Crippen LogP contribution in [0.1, 0.15) is 43.2 Å². The highest BCUT2D eigenvalue weighted by molar-refractivity contribution is 7.92. The van der Waals surface area contributed by atoms with Gasteiger partial charge in [-0.05, 0) is 66.4 Å². The Morgan fingerprint density at radius 1 is 0.771 bits per heavy atom. The summed E-state index contributed by atoms with van der Waals surface area (Å²) in [6, 6.07) is 25.4. The van der Waals surface area contributed by atoms with Gasteiger partial charge in [0.2, 0.25) is 11.8 Å². The van der Waals surface area contributed by atoms with Crippen LogP contribution < -0.4 is 9.62 Å². The van der Waals surface area contributed by atoms with Crippen molar-refractivity contribution in [1.29, 1.82) is 0 Å². The van der Waals surface area contributed by atoms with Gasteiger partial charge in [0.15, 0.2) is 0 Å². The van der Waals surface area contributed by atoms with Crippen molar-refractivity contribution in [2.24, 2.45) is 0 Å². The Hall–Kier alpha value is -3.27. The highest BCUT2D eigenvalue weighted by Crippen LogP contribution is 2.34. The summed E-state index contributed by atoms with van der Waals surface area (Å²) in [4.78, 5) is 30.3. The van der Waals surface area contributed by atoms with Crippen LogP contribution in [0.2, 0.25) is 20.1 Å². The first-order valence-electron chi connectivity index (χ1n) is 15.6. The number of rotatable bonds is 12. The van der Waals surface area contributed by atoms with E-state index in [1.165, 1.54) is 35.2 Å². The average molecular weight is 748 g/mol. The average Bonchev–Trinajstić information content (AvgIpc) is 3.08. The van der Waals surface area contributed by atoms with Gasteiger partial charge >= 0.3 is 0 Å². The first-order valence-corrected chi connectivity index (χ1v) is 18.6. The second-order valence-electron chi connectivity index (χ2n) is 11.7. The highest BCUT2D eigenvalue weighted by atomic mass is 35.5. The number of nitrogens with zero attached hydrogens (tertiary/aromatic N) is 2. The lowest BCUT2D eigenvalue weighted by atomic mass is 9.94. The van der Waals surface area contributed by atoms with Crippen LogP contribution in [0, 0.1) is 0 Å². The first kappa shape index (κ1) is 36.0. The number of amides is 2. The van der Waals surface area contributed by atoms with Gasteiger partial charge in [0.05, 0.1) is 15.6 Å². The van der Waals surface area contributed by atoms with Gasteiger partial charge in [-0.3, -0.25) is 13.9 Å². The molecule has 1 aliphatic carbocycles. The van der Waals surface area contributed by atoms with Crippen LogP contribution in [0.4, 0.5) is 5.69 Å². The van der Waals surface area contributed by atoms with E-state index in [0.717, 1.165) is 42.0 Å². The molecule has 1 atom stereocenters. The van der Waals surface area contributed by atoms with Gasteiger partial charge in [-0.2, -0.15) is 0 Å². The minimum Gasteiger partial charge on any atom is -0.352 e. The fraction of sp³-hybridized carbons (Fsp3) is 0.278. The van der Waals surface area contributed by atoms with Crippen LogP contribution in [0.5, 0.6) is 0 Å².